The lowest BCUT2D eigenvalue weighted by molar-refractivity contribution is 0.158. The normalized spacial score (nSPS) is 25.9. The molecule has 1 N–H and O–H groups in total. The van der Waals surface area contributed by atoms with E-state index in [0.717, 1.165) is 26.1 Å². The molecule has 0 aromatic carbocycles. The number of hydrogen-bond donors (Lipinski definition) is 1. The number of rotatable bonds is 6. The minimum Gasteiger partial charge on any atom is -0.314 e. The fraction of sp³-hybridized carbons (Fsp3) is 1.00. The van der Waals surface area contributed by atoms with Gasteiger partial charge in [0.25, 0.3) is 0 Å². The molecule has 2 aliphatic heterocycles. The summed E-state index contributed by atoms with van der Waals surface area (Å²) < 4.78 is 26.3. The molecule has 112 valence electrons. The molecule has 6 heteroatoms. The molecule has 0 spiro atoms. The van der Waals surface area contributed by atoms with Crippen molar-refractivity contribution < 1.29 is 8.42 Å². The first-order chi connectivity index (χ1) is 8.99. The third kappa shape index (κ3) is 4.15. The Balaban J connectivity index is 1.79. The second kappa shape index (κ2) is 6.52. The largest absolute Gasteiger partial charge is 0.314 e. The summed E-state index contributed by atoms with van der Waals surface area (Å²) in [5.74, 6) is 0.277. The van der Waals surface area contributed by atoms with Crippen LogP contribution in [0.15, 0.2) is 0 Å². The molecular formula is C13H27N3O2S. The summed E-state index contributed by atoms with van der Waals surface area (Å²) >= 11 is 0. The molecule has 0 radical (unpaired) electrons. The van der Waals surface area contributed by atoms with Crippen LogP contribution in [-0.2, 0) is 10.0 Å². The second-order valence-corrected chi connectivity index (χ2v) is 8.06. The number of sulfonamides is 1. The van der Waals surface area contributed by atoms with E-state index < -0.39 is 10.0 Å². The molecular weight excluding hydrogens is 262 g/mol. The van der Waals surface area contributed by atoms with E-state index in [0.29, 0.717) is 31.6 Å². The van der Waals surface area contributed by atoms with Crippen molar-refractivity contribution in [3.05, 3.63) is 0 Å². The Morgan fingerprint density at radius 3 is 2.79 bits per heavy atom. The van der Waals surface area contributed by atoms with Gasteiger partial charge in [0.15, 0.2) is 0 Å². The summed E-state index contributed by atoms with van der Waals surface area (Å²) in [7, 11) is -3.05. The molecule has 0 aromatic rings. The van der Waals surface area contributed by atoms with Gasteiger partial charge in [0.05, 0.1) is 5.75 Å². The van der Waals surface area contributed by atoms with E-state index in [1.54, 1.807) is 4.31 Å². The number of nitrogens with one attached hydrogen (secondary N) is 1. The van der Waals surface area contributed by atoms with Crippen LogP contribution >= 0.6 is 0 Å². The van der Waals surface area contributed by atoms with Gasteiger partial charge in [-0.15, -0.1) is 0 Å². The van der Waals surface area contributed by atoms with E-state index in [2.05, 4.69) is 24.1 Å². The molecule has 0 saturated carbocycles. The van der Waals surface area contributed by atoms with Crippen LogP contribution in [0.3, 0.4) is 0 Å². The Bertz CT molecular complexity index is 383. The average Bonchev–Trinajstić information content (AvgIpc) is 2.81. The zero-order valence-electron chi connectivity index (χ0n) is 12.1. The molecule has 2 heterocycles. The van der Waals surface area contributed by atoms with Gasteiger partial charge in [-0.05, 0) is 32.4 Å². The van der Waals surface area contributed by atoms with Gasteiger partial charge in [-0.2, -0.15) is 4.31 Å². The fourth-order valence-electron chi connectivity index (χ4n) is 2.99. The Kier molecular flexibility index (Phi) is 5.22. The van der Waals surface area contributed by atoms with Crippen molar-refractivity contribution in [1.29, 1.82) is 0 Å². The summed E-state index contributed by atoms with van der Waals surface area (Å²) in [6.45, 7) is 8.38. The first-order valence-corrected chi connectivity index (χ1v) is 9.05. The van der Waals surface area contributed by atoms with Crippen molar-refractivity contribution in [2.75, 3.05) is 38.5 Å². The van der Waals surface area contributed by atoms with Crippen molar-refractivity contribution >= 4 is 10.0 Å². The van der Waals surface area contributed by atoms with Crippen LogP contribution in [0.4, 0.5) is 0 Å². The maximum absolute atomic E-state index is 12.3. The number of hydrogen-bond acceptors (Lipinski definition) is 4. The van der Waals surface area contributed by atoms with E-state index in [9.17, 15) is 8.42 Å². The highest BCUT2D eigenvalue weighted by atomic mass is 32.2. The average molecular weight is 289 g/mol. The van der Waals surface area contributed by atoms with Gasteiger partial charge < -0.3 is 5.32 Å². The first-order valence-electron chi connectivity index (χ1n) is 7.44. The minimum absolute atomic E-state index is 0.277. The molecule has 1 atom stereocenters. The number of nitrogens with zero attached hydrogens (tertiary/aromatic N) is 2. The zero-order valence-corrected chi connectivity index (χ0v) is 13.0. The zero-order chi connectivity index (χ0) is 13.9. The quantitative estimate of drug-likeness (QED) is 0.723. The van der Waals surface area contributed by atoms with Crippen LogP contribution in [0.5, 0.6) is 0 Å². The lowest BCUT2D eigenvalue weighted by Crippen LogP contribution is -2.52. The Hall–Kier alpha value is -0.170. The summed E-state index contributed by atoms with van der Waals surface area (Å²) in [5.41, 5.74) is 0. The van der Waals surface area contributed by atoms with Crippen molar-refractivity contribution in [2.24, 2.45) is 0 Å². The smallest absolute Gasteiger partial charge is 0.214 e. The SMILES string of the molecule is CC(C)NCCCS(=O)(=O)N1CCN2CCCC2C1. The summed E-state index contributed by atoms with van der Waals surface area (Å²) in [6, 6.07) is 0.891. The van der Waals surface area contributed by atoms with Crippen LogP contribution in [0, 0.1) is 0 Å². The first kappa shape index (κ1) is 15.2. The molecule has 1 unspecified atom stereocenters. The Labute approximate surface area is 117 Å². The highest BCUT2D eigenvalue weighted by Gasteiger charge is 2.35. The van der Waals surface area contributed by atoms with Crippen LogP contribution in [0.1, 0.15) is 33.1 Å². The van der Waals surface area contributed by atoms with Crippen LogP contribution in [0.2, 0.25) is 0 Å². The van der Waals surface area contributed by atoms with Crippen LogP contribution in [-0.4, -0.2) is 68.2 Å². The lowest BCUT2D eigenvalue weighted by Gasteiger charge is -2.36. The van der Waals surface area contributed by atoms with Gasteiger partial charge in [0.1, 0.15) is 0 Å². The topological polar surface area (TPSA) is 52.7 Å². The second-order valence-electron chi connectivity index (χ2n) is 5.97. The third-order valence-corrected chi connectivity index (χ3v) is 6.00. The maximum Gasteiger partial charge on any atom is 0.214 e. The summed E-state index contributed by atoms with van der Waals surface area (Å²) in [6.07, 6.45) is 3.07. The molecule has 2 rings (SSSR count). The van der Waals surface area contributed by atoms with Crippen LogP contribution < -0.4 is 5.32 Å². The predicted molar refractivity (Wildman–Crippen MR) is 77.7 cm³/mol. The highest BCUT2D eigenvalue weighted by Crippen LogP contribution is 2.23. The predicted octanol–water partition coefficient (Wildman–Crippen LogP) is 0.484. The van der Waals surface area contributed by atoms with Gasteiger partial charge in [-0.1, -0.05) is 13.8 Å². The maximum atomic E-state index is 12.3. The molecule has 2 saturated heterocycles. The van der Waals surface area contributed by atoms with E-state index in [1.165, 1.54) is 6.42 Å². The van der Waals surface area contributed by atoms with E-state index in [4.69, 9.17) is 0 Å². The van der Waals surface area contributed by atoms with Crippen LogP contribution in [0.25, 0.3) is 0 Å². The molecule has 2 fully saturated rings. The van der Waals surface area contributed by atoms with Gasteiger partial charge in [-0.3, -0.25) is 4.90 Å². The Morgan fingerprint density at radius 2 is 2.05 bits per heavy atom. The molecule has 2 aliphatic rings. The van der Waals surface area contributed by atoms with E-state index in [-0.39, 0.29) is 5.75 Å². The van der Waals surface area contributed by atoms with E-state index in [1.807, 2.05) is 0 Å². The van der Waals surface area contributed by atoms with Crippen molar-refractivity contribution in [1.82, 2.24) is 14.5 Å². The standard InChI is InChI=1S/C13H27N3O2S/c1-12(2)14-6-4-10-19(17,18)16-9-8-15-7-3-5-13(15)11-16/h12-14H,3-11H2,1-2H3. The van der Waals surface area contributed by atoms with Crippen molar-refractivity contribution in [2.45, 2.75) is 45.2 Å². The number of fused-ring (bicyclic) bond motifs is 1. The molecule has 19 heavy (non-hydrogen) atoms. The lowest BCUT2D eigenvalue weighted by atomic mass is 10.2. The third-order valence-electron chi connectivity index (χ3n) is 4.08. The van der Waals surface area contributed by atoms with Gasteiger partial charge in [0, 0.05) is 31.7 Å². The summed E-state index contributed by atoms with van der Waals surface area (Å²) in [4.78, 5) is 2.44. The minimum atomic E-state index is -3.05. The van der Waals surface area contributed by atoms with Gasteiger partial charge in [0.2, 0.25) is 10.0 Å². The molecule has 0 aromatic heterocycles. The number of piperazine rings is 1. The molecule has 0 bridgehead atoms. The van der Waals surface area contributed by atoms with Crippen molar-refractivity contribution in [3.63, 3.8) is 0 Å². The summed E-state index contributed by atoms with van der Waals surface area (Å²) in [5, 5.41) is 3.27. The van der Waals surface area contributed by atoms with E-state index >= 15 is 0 Å². The highest BCUT2D eigenvalue weighted by molar-refractivity contribution is 7.89. The fourth-order valence-corrected chi connectivity index (χ4v) is 4.52. The molecule has 0 amide bonds. The van der Waals surface area contributed by atoms with Gasteiger partial charge >= 0.3 is 0 Å². The molecule has 0 aliphatic carbocycles. The van der Waals surface area contributed by atoms with Gasteiger partial charge in [-0.25, -0.2) is 8.42 Å². The Morgan fingerprint density at radius 1 is 1.26 bits per heavy atom. The molecule has 5 nitrogen and oxygen atoms in total. The monoisotopic (exact) mass is 289 g/mol. The van der Waals surface area contributed by atoms with Crippen molar-refractivity contribution in [3.8, 4) is 0 Å².